The summed E-state index contributed by atoms with van der Waals surface area (Å²) in [7, 11) is -3.89. The van der Waals surface area contributed by atoms with E-state index in [1.54, 1.807) is 0 Å². The smallest absolute Gasteiger partial charge is 0.328 e. The van der Waals surface area contributed by atoms with Crippen LogP contribution in [-0.2, 0) is 24.4 Å². The standard InChI is InChI=1S/C15H20N4O8S/c1-8(20)13(15(24)25)19-12(22)7-17-11(21)6-18-14(23)9-2-4-10(5-3-9)28(16,26)27/h2-5,8,13,20H,6-7H2,1H3,(H,17,21)(H,18,23)(H,19,22)(H,24,25)(H2,16,26,27)/t8-,13+/m1/s1. The highest BCUT2D eigenvalue weighted by molar-refractivity contribution is 7.89. The van der Waals surface area contributed by atoms with Crippen molar-refractivity contribution in [3.8, 4) is 0 Å². The van der Waals surface area contributed by atoms with Crippen molar-refractivity contribution in [2.45, 2.75) is 24.0 Å². The van der Waals surface area contributed by atoms with Gasteiger partial charge in [0.15, 0.2) is 6.04 Å². The molecule has 0 aliphatic heterocycles. The van der Waals surface area contributed by atoms with Crippen molar-refractivity contribution < 1.29 is 37.8 Å². The van der Waals surface area contributed by atoms with Crippen LogP contribution in [0.3, 0.4) is 0 Å². The number of primary sulfonamides is 1. The van der Waals surface area contributed by atoms with Crippen LogP contribution < -0.4 is 21.1 Å². The summed E-state index contributed by atoms with van der Waals surface area (Å²) in [5, 5.41) is 29.5. The normalized spacial score (nSPS) is 13.1. The molecule has 28 heavy (non-hydrogen) atoms. The van der Waals surface area contributed by atoms with Gasteiger partial charge in [0.05, 0.1) is 24.1 Å². The maximum absolute atomic E-state index is 11.9. The number of hydrogen-bond acceptors (Lipinski definition) is 7. The highest BCUT2D eigenvalue weighted by Crippen LogP contribution is 2.08. The minimum atomic E-state index is -3.89. The maximum atomic E-state index is 11.9. The van der Waals surface area contributed by atoms with E-state index in [0.29, 0.717) is 0 Å². The van der Waals surface area contributed by atoms with Crippen molar-refractivity contribution in [2.75, 3.05) is 13.1 Å². The zero-order valence-electron chi connectivity index (χ0n) is 14.7. The Bertz CT molecular complexity index is 851. The van der Waals surface area contributed by atoms with E-state index in [-0.39, 0.29) is 10.5 Å². The van der Waals surface area contributed by atoms with E-state index < -0.39 is 58.9 Å². The van der Waals surface area contributed by atoms with Crippen LogP contribution in [0, 0.1) is 0 Å². The van der Waals surface area contributed by atoms with Crippen LogP contribution in [0.15, 0.2) is 29.2 Å². The minimum absolute atomic E-state index is 0.0826. The maximum Gasteiger partial charge on any atom is 0.328 e. The van der Waals surface area contributed by atoms with Crippen LogP contribution in [0.2, 0.25) is 0 Å². The molecule has 7 N–H and O–H groups in total. The molecule has 154 valence electrons. The number of rotatable bonds is 9. The Kier molecular flexibility index (Phi) is 8.03. The summed E-state index contributed by atoms with van der Waals surface area (Å²) in [6, 6.07) is 3.17. The number of carboxylic acid groups (broad SMARTS) is 1. The monoisotopic (exact) mass is 416 g/mol. The van der Waals surface area contributed by atoms with Crippen molar-refractivity contribution in [3.63, 3.8) is 0 Å². The number of amides is 3. The van der Waals surface area contributed by atoms with E-state index in [1.165, 1.54) is 19.1 Å². The second-order valence-corrected chi connectivity index (χ2v) is 7.21. The van der Waals surface area contributed by atoms with Gasteiger partial charge in [-0.15, -0.1) is 0 Å². The number of benzene rings is 1. The molecule has 0 fully saturated rings. The Labute approximate surface area is 160 Å². The lowest BCUT2D eigenvalue weighted by molar-refractivity contribution is -0.144. The number of aliphatic hydroxyl groups is 1. The van der Waals surface area contributed by atoms with E-state index >= 15 is 0 Å². The van der Waals surface area contributed by atoms with Crippen molar-refractivity contribution in [1.29, 1.82) is 0 Å². The van der Waals surface area contributed by atoms with Crippen LogP contribution in [0.25, 0.3) is 0 Å². The lowest BCUT2D eigenvalue weighted by Gasteiger charge is -2.17. The fourth-order valence-electron chi connectivity index (χ4n) is 1.91. The Balaban J connectivity index is 2.46. The third-order valence-corrected chi connectivity index (χ3v) is 4.29. The van der Waals surface area contributed by atoms with Gasteiger partial charge in [0.1, 0.15) is 0 Å². The number of carbonyl (C=O) groups excluding carboxylic acids is 3. The van der Waals surface area contributed by atoms with Crippen LogP contribution in [0.4, 0.5) is 0 Å². The van der Waals surface area contributed by atoms with Gasteiger partial charge in [-0.25, -0.2) is 18.4 Å². The average molecular weight is 416 g/mol. The molecular weight excluding hydrogens is 396 g/mol. The third kappa shape index (κ3) is 7.30. The first-order valence-corrected chi connectivity index (χ1v) is 9.34. The molecule has 12 nitrogen and oxygen atoms in total. The number of nitrogens with two attached hydrogens (primary N) is 1. The molecule has 0 saturated heterocycles. The quantitative estimate of drug-likeness (QED) is 0.246. The number of nitrogens with one attached hydrogen (secondary N) is 3. The van der Waals surface area contributed by atoms with E-state index in [0.717, 1.165) is 12.1 Å². The molecule has 0 radical (unpaired) electrons. The molecule has 0 unspecified atom stereocenters. The molecule has 0 heterocycles. The van der Waals surface area contributed by atoms with Crippen molar-refractivity contribution in [1.82, 2.24) is 16.0 Å². The fraction of sp³-hybridized carbons (Fsp3) is 0.333. The second-order valence-electron chi connectivity index (χ2n) is 5.65. The van der Waals surface area contributed by atoms with Crippen molar-refractivity contribution in [3.05, 3.63) is 29.8 Å². The van der Waals surface area contributed by atoms with Crippen LogP contribution >= 0.6 is 0 Å². The van der Waals surface area contributed by atoms with Crippen molar-refractivity contribution in [2.24, 2.45) is 5.14 Å². The predicted molar refractivity (Wildman–Crippen MR) is 94.4 cm³/mol. The largest absolute Gasteiger partial charge is 0.480 e. The van der Waals surface area contributed by atoms with Crippen LogP contribution in [0.5, 0.6) is 0 Å². The number of sulfonamides is 1. The van der Waals surface area contributed by atoms with Gasteiger partial charge in [-0.2, -0.15) is 0 Å². The molecule has 0 aromatic heterocycles. The van der Waals surface area contributed by atoms with Crippen LogP contribution in [0.1, 0.15) is 17.3 Å². The molecule has 0 aliphatic rings. The summed E-state index contributed by atoms with van der Waals surface area (Å²) in [6.07, 6.45) is -1.34. The van der Waals surface area contributed by atoms with Gasteiger partial charge in [0.25, 0.3) is 5.91 Å². The summed E-state index contributed by atoms with van der Waals surface area (Å²) in [6.45, 7) is 0.138. The van der Waals surface area contributed by atoms with Gasteiger partial charge in [0, 0.05) is 5.56 Å². The molecule has 2 atom stereocenters. The average Bonchev–Trinajstić information content (AvgIpc) is 2.61. The number of carbonyl (C=O) groups is 4. The molecule has 1 aromatic rings. The Morgan fingerprint density at radius 1 is 1.04 bits per heavy atom. The van der Waals surface area contributed by atoms with E-state index in [4.69, 9.17) is 10.2 Å². The highest BCUT2D eigenvalue weighted by Gasteiger charge is 2.24. The zero-order valence-corrected chi connectivity index (χ0v) is 15.5. The Morgan fingerprint density at radius 2 is 1.57 bits per heavy atom. The van der Waals surface area contributed by atoms with Crippen LogP contribution in [-0.4, -0.2) is 67.6 Å². The lowest BCUT2D eigenvalue weighted by Crippen LogP contribution is -2.51. The van der Waals surface area contributed by atoms with E-state index in [2.05, 4.69) is 10.6 Å². The second kappa shape index (κ2) is 9.77. The third-order valence-electron chi connectivity index (χ3n) is 3.37. The van der Waals surface area contributed by atoms with Gasteiger partial charge in [-0.1, -0.05) is 0 Å². The molecule has 0 saturated carbocycles. The molecular formula is C15H20N4O8S. The molecule has 13 heteroatoms. The molecule has 0 bridgehead atoms. The van der Waals surface area contributed by atoms with Crippen molar-refractivity contribution >= 4 is 33.7 Å². The highest BCUT2D eigenvalue weighted by atomic mass is 32.2. The first-order valence-electron chi connectivity index (χ1n) is 7.80. The summed E-state index contributed by atoms with van der Waals surface area (Å²) < 4.78 is 22.3. The fourth-order valence-corrected chi connectivity index (χ4v) is 2.43. The molecule has 1 aromatic carbocycles. The first kappa shape index (κ1) is 23.0. The number of aliphatic hydroxyl groups excluding tert-OH is 1. The summed E-state index contributed by atoms with van der Waals surface area (Å²) in [4.78, 5) is 45.8. The van der Waals surface area contributed by atoms with Gasteiger partial charge < -0.3 is 26.2 Å². The molecule has 3 amide bonds. The molecule has 0 spiro atoms. The molecule has 1 rings (SSSR count). The van der Waals surface area contributed by atoms with Gasteiger partial charge in [-0.05, 0) is 31.2 Å². The Hall–Kier alpha value is -3.03. The zero-order chi connectivity index (χ0) is 21.5. The van der Waals surface area contributed by atoms with Gasteiger partial charge >= 0.3 is 5.97 Å². The topological polar surface area (TPSA) is 205 Å². The van der Waals surface area contributed by atoms with E-state index in [9.17, 15) is 32.7 Å². The minimum Gasteiger partial charge on any atom is -0.480 e. The SMILES string of the molecule is C[C@@H](O)[C@H](NC(=O)CNC(=O)CNC(=O)c1ccc(S(N)(=O)=O)cc1)C(=O)O. The van der Waals surface area contributed by atoms with Gasteiger partial charge in [0.2, 0.25) is 21.8 Å². The predicted octanol–water partition coefficient (Wildman–Crippen LogP) is -2.87. The lowest BCUT2D eigenvalue weighted by atomic mass is 10.2. The summed E-state index contributed by atoms with van der Waals surface area (Å²) >= 11 is 0. The van der Waals surface area contributed by atoms with Gasteiger partial charge in [-0.3, -0.25) is 14.4 Å². The Morgan fingerprint density at radius 3 is 2.04 bits per heavy atom. The number of hydrogen-bond donors (Lipinski definition) is 6. The van der Waals surface area contributed by atoms with E-state index in [1.807, 2.05) is 5.32 Å². The summed E-state index contributed by atoms with van der Waals surface area (Å²) in [5.74, 6) is -3.67. The number of carboxylic acids is 1. The number of aliphatic carboxylic acids is 1. The summed E-state index contributed by atoms with van der Waals surface area (Å²) in [5.41, 5.74) is 0.0826. The molecule has 0 aliphatic carbocycles. The first-order chi connectivity index (χ1) is 12.9.